The highest BCUT2D eigenvalue weighted by molar-refractivity contribution is 5.94. The Morgan fingerprint density at radius 3 is 3.05 bits per heavy atom. The van der Waals surface area contributed by atoms with Gasteiger partial charge in [-0.3, -0.25) is 0 Å². The lowest BCUT2D eigenvalue weighted by atomic mass is 10.1. The molecule has 0 amide bonds. The molecule has 100 valence electrons. The lowest BCUT2D eigenvalue weighted by Crippen LogP contribution is -2.36. The maximum Gasteiger partial charge on any atom is 0.326 e. The van der Waals surface area contributed by atoms with Gasteiger partial charge in [0.1, 0.15) is 11.9 Å². The van der Waals surface area contributed by atoms with Crippen LogP contribution in [0.25, 0.3) is 10.8 Å². The molecule has 1 N–H and O–H groups in total. The molecule has 1 fully saturated rings. The van der Waals surface area contributed by atoms with Gasteiger partial charge in [-0.1, -0.05) is 6.07 Å². The zero-order valence-corrected chi connectivity index (χ0v) is 10.8. The first-order valence-electron chi connectivity index (χ1n) is 6.49. The van der Waals surface area contributed by atoms with Crippen molar-refractivity contribution in [3.8, 4) is 6.07 Å². The maximum absolute atomic E-state index is 11.3. The van der Waals surface area contributed by atoms with Crippen LogP contribution in [0.3, 0.4) is 0 Å². The second kappa shape index (κ2) is 4.82. The number of pyridine rings is 1. The Bertz CT molecular complexity index is 721. The Balaban J connectivity index is 2.16. The third-order valence-corrected chi connectivity index (χ3v) is 3.68. The Kier molecular flexibility index (Phi) is 2.99. The summed E-state index contributed by atoms with van der Waals surface area (Å²) in [5, 5.41) is 20.1. The molecule has 1 saturated heterocycles. The summed E-state index contributed by atoms with van der Waals surface area (Å²) in [4.78, 5) is 17.5. The Labute approximate surface area is 116 Å². The first-order chi connectivity index (χ1) is 9.70. The van der Waals surface area contributed by atoms with Gasteiger partial charge >= 0.3 is 5.97 Å². The van der Waals surface area contributed by atoms with Crippen molar-refractivity contribution in [1.82, 2.24) is 4.98 Å². The molecule has 20 heavy (non-hydrogen) atoms. The average Bonchev–Trinajstić information content (AvgIpc) is 2.95. The van der Waals surface area contributed by atoms with Gasteiger partial charge in [-0.15, -0.1) is 0 Å². The van der Waals surface area contributed by atoms with Gasteiger partial charge in [0.15, 0.2) is 0 Å². The molecule has 2 heterocycles. The second-order valence-corrected chi connectivity index (χ2v) is 4.87. The van der Waals surface area contributed by atoms with E-state index in [9.17, 15) is 9.90 Å². The highest BCUT2D eigenvalue weighted by atomic mass is 16.4. The van der Waals surface area contributed by atoms with Crippen LogP contribution in [0, 0.1) is 11.3 Å². The fourth-order valence-electron chi connectivity index (χ4n) is 2.73. The first-order valence-corrected chi connectivity index (χ1v) is 6.49. The fourth-order valence-corrected chi connectivity index (χ4v) is 2.73. The van der Waals surface area contributed by atoms with Crippen LogP contribution in [0.15, 0.2) is 30.5 Å². The third kappa shape index (κ3) is 1.95. The molecule has 1 aliphatic heterocycles. The van der Waals surface area contributed by atoms with Gasteiger partial charge in [-0.25, -0.2) is 9.78 Å². The predicted molar refractivity (Wildman–Crippen MR) is 74.5 cm³/mol. The van der Waals surface area contributed by atoms with E-state index >= 15 is 0 Å². The Morgan fingerprint density at radius 1 is 1.45 bits per heavy atom. The highest BCUT2D eigenvalue weighted by Crippen LogP contribution is 2.30. The molecule has 2 aromatic rings. The number of hydrogen-bond acceptors (Lipinski definition) is 4. The first kappa shape index (κ1) is 12.4. The Morgan fingerprint density at radius 2 is 2.30 bits per heavy atom. The van der Waals surface area contributed by atoms with E-state index in [1.807, 2.05) is 17.0 Å². The molecule has 1 aromatic heterocycles. The van der Waals surface area contributed by atoms with Crippen LogP contribution in [0.2, 0.25) is 0 Å². The molecule has 1 aromatic carbocycles. The number of anilines is 1. The molecule has 5 heteroatoms. The van der Waals surface area contributed by atoms with Crippen molar-refractivity contribution in [1.29, 1.82) is 5.26 Å². The van der Waals surface area contributed by atoms with Crippen molar-refractivity contribution in [3.63, 3.8) is 0 Å². The van der Waals surface area contributed by atoms with Crippen molar-refractivity contribution in [2.75, 3.05) is 11.4 Å². The standard InChI is InChI=1S/C15H13N3O2/c16-9-10-3-4-11-5-6-17-14(12(11)8-10)18-7-1-2-13(18)15(19)20/h3-6,8,13H,1-2,7H2,(H,19,20). The molecule has 3 rings (SSSR count). The molecule has 0 spiro atoms. The minimum atomic E-state index is -0.822. The number of aliphatic carboxylic acids is 1. The molecule has 1 aliphatic rings. The fraction of sp³-hybridized carbons (Fsp3) is 0.267. The number of rotatable bonds is 2. The number of aromatic nitrogens is 1. The molecular weight excluding hydrogens is 254 g/mol. The van der Waals surface area contributed by atoms with Crippen LogP contribution in [-0.4, -0.2) is 28.6 Å². The molecule has 5 nitrogen and oxygen atoms in total. The van der Waals surface area contributed by atoms with E-state index in [2.05, 4.69) is 11.1 Å². The zero-order chi connectivity index (χ0) is 14.1. The molecule has 0 radical (unpaired) electrons. The van der Waals surface area contributed by atoms with Gasteiger partial charge in [0.25, 0.3) is 0 Å². The zero-order valence-electron chi connectivity index (χ0n) is 10.8. The van der Waals surface area contributed by atoms with Crippen molar-refractivity contribution >= 4 is 22.6 Å². The second-order valence-electron chi connectivity index (χ2n) is 4.87. The summed E-state index contributed by atoms with van der Waals surface area (Å²) in [5.74, 6) is -0.165. The number of hydrogen-bond donors (Lipinski definition) is 1. The van der Waals surface area contributed by atoms with E-state index < -0.39 is 12.0 Å². The van der Waals surface area contributed by atoms with Crippen LogP contribution >= 0.6 is 0 Å². The summed E-state index contributed by atoms with van der Waals surface area (Å²) < 4.78 is 0. The molecular formula is C15H13N3O2. The largest absolute Gasteiger partial charge is 0.480 e. The van der Waals surface area contributed by atoms with Crippen molar-refractivity contribution in [2.24, 2.45) is 0 Å². The van der Waals surface area contributed by atoms with Gasteiger partial charge in [0.2, 0.25) is 0 Å². The van der Waals surface area contributed by atoms with E-state index in [1.54, 1.807) is 18.3 Å². The highest BCUT2D eigenvalue weighted by Gasteiger charge is 2.32. The number of nitriles is 1. The average molecular weight is 267 g/mol. The normalized spacial score (nSPS) is 18.1. The van der Waals surface area contributed by atoms with Crippen molar-refractivity contribution < 1.29 is 9.90 Å². The smallest absolute Gasteiger partial charge is 0.326 e. The molecule has 1 unspecified atom stereocenters. The van der Waals surface area contributed by atoms with Gasteiger partial charge < -0.3 is 10.0 Å². The molecule has 1 atom stereocenters. The number of carboxylic acids is 1. The van der Waals surface area contributed by atoms with E-state index in [4.69, 9.17) is 5.26 Å². The number of fused-ring (bicyclic) bond motifs is 1. The van der Waals surface area contributed by atoms with Crippen molar-refractivity contribution in [2.45, 2.75) is 18.9 Å². The number of benzene rings is 1. The van der Waals surface area contributed by atoms with Crippen LogP contribution in [0.4, 0.5) is 5.82 Å². The van der Waals surface area contributed by atoms with Gasteiger partial charge in [-0.05, 0) is 36.4 Å². The lowest BCUT2D eigenvalue weighted by Gasteiger charge is -2.23. The molecule has 0 saturated carbocycles. The molecule has 0 bridgehead atoms. The van der Waals surface area contributed by atoms with E-state index in [-0.39, 0.29) is 0 Å². The predicted octanol–water partition coefficient (Wildman–Crippen LogP) is 2.16. The van der Waals surface area contributed by atoms with Crippen LogP contribution in [0.1, 0.15) is 18.4 Å². The summed E-state index contributed by atoms with van der Waals surface area (Å²) in [7, 11) is 0. The topological polar surface area (TPSA) is 77.2 Å². The third-order valence-electron chi connectivity index (χ3n) is 3.68. The number of nitrogens with zero attached hydrogens (tertiary/aromatic N) is 3. The van der Waals surface area contributed by atoms with Crippen molar-refractivity contribution in [3.05, 3.63) is 36.0 Å². The monoisotopic (exact) mass is 267 g/mol. The summed E-state index contributed by atoms with van der Waals surface area (Å²) in [6.07, 6.45) is 3.15. The number of carbonyl (C=O) groups is 1. The van der Waals surface area contributed by atoms with Gasteiger partial charge in [0, 0.05) is 18.1 Å². The van der Waals surface area contributed by atoms with Gasteiger partial charge in [0.05, 0.1) is 11.6 Å². The minimum absolute atomic E-state index is 0.529. The van der Waals surface area contributed by atoms with Crippen LogP contribution in [0.5, 0.6) is 0 Å². The molecule has 0 aliphatic carbocycles. The number of carboxylic acid groups (broad SMARTS) is 1. The minimum Gasteiger partial charge on any atom is -0.480 e. The summed E-state index contributed by atoms with van der Waals surface area (Å²) in [6.45, 7) is 0.680. The SMILES string of the molecule is N#Cc1ccc2ccnc(N3CCCC3C(=O)O)c2c1. The van der Waals surface area contributed by atoms with Crippen LogP contribution < -0.4 is 4.90 Å². The summed E-state index contributed by atoms with van der Waals surface area (Å²) >= 11 is 0. The summed E-state index contributed by atoms with van der Waals surface area (Å²) in [6, 6.07) is 8.84. The maximum atomic E-state index is 11.3. The van der Waals surface area contributed by atoms with E-state index in [0.29, 0.717) is 24.3 Å². The van der Waals surface area contributed by atoms with E-state index in [0.717, 1.165) is 17.2 Å². The quantitative estimate of drug-likeness (QED) is 0.902. The van der Waals surface area contributed by atoms with Crippen LogP contribution in [-0.2, 0) is 4.79 Å². The Hall–Kier alpha value is -2.61. The van der Waals surface area contributed by atoms with Gasteiger partial charge in [-0.2, -0.15) is 5.26 Å². The van der Waals surface area contributed by atoms with E-state index in [1.165, 1.54) is 0 Å². The summed E-state index contributed by atoms with van der Waals surface area (Å²) in [5.41, 5.74) is 0.554. The lowest BCUT2D eigenvalue weighted by molar-refractivity contribution is -0.138.